The summed E-state index contributed by atoms with van der Waals surface area (Å²) in [5.74, 6) is -0.573. The molecule has 0 spiro atoms. The predicted molar refractivity (Wildman–Crippen MR) is 84.6 cm³/mol. The summed E-state index contributed by atoms with van der Waals surface area (Å²) in [5, 5.41) is 3.77. The lowest BCUT2D eigenvalue weighted by Crippen LogP contribution is -2.49. The van der Waals surface area contributed by atoms with E-state index in [1.54, 1.807) is 33.8 Å². The van der Waals surface area contributed by atoms with Gasteiger partial charge in [-0.05, 0) is 32.7 Å². The average molecular weight is 324 g/mol. The Morgan fingerprint density at radius 1 is 1.52 bits per heavy atom. The van der Waals surface area contributed by atoms with Gasteiger partial charge in [0.2, 0.25) is 0 Å². The van der Waals surface area contributed by atoms with Crippen LogP contribution < -0.4 is 0 Å². The van der Waals surface area contributed by atoms with Gasteiger partial charge >= 0.3 is 12.1 Å². The molecule has 1 fully saturated rings. The van der Waals surface area contributed by atoms with Crippen LogP contribution >= 0.6 is 0 Å². The number of esters is 1. The lowest BCUT2D eigenvalue weighted by Gasteiger charge is -2.34. The van der Waals surface area contributed by atoms with Crippen LogP contribution in [0.3, 0.4) is 0 Å². The fourth-order valence-electron chi connectivity index (χ4n) is 2.84. The number of amides is 1. The third kappa shape index (κ3) is 3.96. The molecule has 1 aliphatic rings. The Kier molecular flexibility index (Phi) is 5.66. The summed E-state index contributed by atoms with van der Waals surface area (Å²) in [6.45, 7) is 10.8. The molecule has 8 heteroatoms. The molecule has 128 valence electrons. The fraction of sp³-hybridized carbons (Fsp3) is 0.733. The zero-order chi connectivity index (χ0) is 17.8. The molecule has 1 rings (SSSR count). The lowest BCUT2D eigenvalue weighted by molar-refractivity contribution is -0.149. The van der Waals surface area contributed by atoms with Gasteiger partial charge in [-0.25, -0.2) is 9.59 Å². The number of carbonyl (C=O) groups is 2. The van der Waals surface area contributed by atoms with Crippen LogP contribution in [-0.4, -0.2) is 48.3 Å². The van der Waals surface area contributed by atoms with Gasteiger partial charge in [-0.15, -0.1) is 6.58 Å². The second-order valence-corrected chi connectivity index (χ2v) is 6.78. The number of hydrogen-bond acceptors (Lipinski definition) is 5. The summed E-state index contributed by atoms with van der Waals surface area (Å²) in [5.41, 5.74) is 7.29. The smallest absolute Gasteiger partial charge is 0.411 e. The molecular formula is C15H24N4O4. The van der Waals surface area contributed by atoms with Crippen LogP contribution in [0.4, 0.5) is 4.79 Å². The molecule has 0 aromatic carbocycles. The molecule has 3 atom stereocenters. The molecule has 0 radical (unpaired) electrons. The standard InChI is InChI=1S/C15H24N4O4/c1-7-8-15(5)10(17-18-16)9-19(11(15)12(20)22-6)13(21)23-14(2,3)4/h7,10-11H,1,8-9H2,2-6H3/t10?,11-,15-/m1/s1. The quantitative estimate of drug-likeness (QED) is 0.260. The SMILES string of the molecule is C=CC[C@]1(C)C(N=[N+]=[N-])CN(C(=O)OC(C)(C)C)[C@@H]1C(=O)OC. The molecule has 0 bridgehead atoms. The van der Waals surface area contributed by atoms with Crippen molar-refractivity contribution in [2.45, 2.75) is 51.8 Å². The van der Waals surface area contributed by atoms with Crippen molar-refractivity contribution in [3.8, 4) is 0 Å². The van der Waals surface area contributed by atoms with Gasteiger partial charge in [-0.2, -0.15) is 0 Å². The molecule has 0 aromatic rings. The lowest BCUT2D eigenvalue weighted by atomic mass is 9.76. The first-order chi connectivity index (χ1) is 10.6. The number of carbonyl (C=O) groups excluding carboxylic acids is 2. The van der Waals surface area contributed by atoms with Crippen molar-refractivity contribution in [3.63, 3.8) is 0 Å². The number of hydrogen-bond donors (Lipinski definition) is 0. The van der Waals surface area contributed by atoms with E-state index in [1.165, 1.54) is 12.0 Å². The third-order valence-corrected chi connectivity index (χ3v) is 3.89. The van der Waals surface area contributed by atoms with Gasteiger partial charge in [0.25, 0.3) is 0 Å². The van der Waals surface area contributed by atoms with Gasteiger partial charge in [0.05, 0.1) is 13.2 Å². The Balaban J connectivity index is 3.28. The van der Waals surface area contributed by atoms with E-state index in [-0.39, 0.29) is 6.54 Å². The van der Waals surface area contributed by atoms with Gasteiger partial charge in [0.1, 0.15) is 11.6 Å². The number of methoxy groups -OCH3 is 1. The van der Waals surface area contributed by atoms with Crippen LogP contribution in [-0.2, 0) is 14.3 Å². The summed E-state index contributed by atoms with van der Waals surface area (Å²) in [4.78, 5) is 28.9. The Morgan fingerprint density at radius 2 is 2.13 bits per heavy atom. The molecule has 1 amide bonds. The van der Waals surface area contributed by atoms with Crippen molar-refractivity contribution in [2.75, 3.05) is 13.7 Å². The summed E-state index contributed by atoms with van der Waals surface area (Å²) >= 11 is 0. The molecule has 1 aliphatic heterocycles. The van der Waals surface area contributed by atoms with E-state index in [0.717, 1.165) is 0 Å². The topological polar surface area (TPSA) is 105 Å². The van der Waals surface area contributed by atoms with E-state index in [2.05, 4.69) is 16.6 Å². The maximum atomic E-state index is 12.5. The number of rotatable bonds is 4. The van der Waals surface area contributed by atoms with Crippen molar-refractivity contribution >= 4 is 12.1 Å². The number of likely N-dealkylation sites (tertiary alicyclic amines) is 1. The summed E-state index contributed by atoms with van der Waals surface area (Å²) in [6.07, 6.45) is 1.38. The van der Waals surface area contributed by atoms with Gasteiger partial charge in [-0.3, -0.25) is 4.90 Å². The van der Waals surface area contributed by atoms with Crippen LogP contribution in [0.1, 0.15) is 34.1 Å². The number of azide groups is 1. The highest BCUT2D eigenvalue weighted by Gasteiger charge is 2.56. The number of ether oxygens (including phenoxy) is 2. The average Bonchev–Trinajstić information content (AvgIpc) is 2.70. The fourth-order valence-corrected chi connectivity index (χ4v) is 2.84. The zero-order valence-corrected chi connectivity index (χ0v) is 14.3. The Labute approximate surface area is 136 Å². The highest BCUT2D eigenvalue weighted by molar-refractivity contribution is 5.83. The Bertz CT molecular complexity index is 536. The molecular weight excluding hydrogens is 300 g/mol. The van der Waals surface area contributed by atoms with Gasteiger partial charge in [0.15, 0.2) is 0 Å². The second-order valence-electron chi connectivity index (χ2n) is 6.78. The van der Waals surface area contributed by atoms with E-state index >= 15 is 0 Å². The minimum atomic E-state index is -0.907. The van der Waals surface area contributed by atoms with Crippen molar-refractivity contribution in [1.29, 1.82) is 0 Å². The first kappa shape index (κ1) is 18.8. The summed E-state index contributed by atoms with van der Waals surface area (Å²) in [7, 11) is 1.25. The minimum absolute atomic E-state index is 0.0864. The highest BCUT2D eigenvalue weighted by atomic mass is 16.6. The zero-order valence-electron chi connectivity index (χ0n) is 14.3. The van der Waals surface area contributed by atoms with Crippen molar-refractivity contribution < 1.29 is 19.1 Å². The van der Waals surface area contributed by atoms with Crippen LogP contribution in [0.2, 0.25) is 0 Å². The number of allylic oxidation sites excluding steroid dienone is 1. The van der Waals surface area contributed by atoms with Crippen LogP contribution in [0, 0.1) is 5.41 Å². The Morgan fingerprint density at radius 3 is 2.57 bits per heavy atom. The molecule has 23 heavy (non-hydrogen) atoms. The number of nitrogens with zero attached hydrogens (tertiary/aromatic N) is 4. The second kappa shape index (κ2) is 6.91. The molecule has 8 nitrogen and oxygen atoms in total. The molecule has 0 aromatic heterocycles. The van der Waals surface area contributed by atoms with Gasteiger partial charge in [0, 0.05) is 16.9 Å². The molecule has 0 saturated carbocycles. The molecule has 1 unspecified atom stereocenters. The molecule has 1 heterocycles. The normalized spacial score (nSPS) is 27.1. The van der Waals surface area contributed by atoms with E-state index in [1.807, 2.05) is 0 Å². The van der Waals surface area contributed by atoms with Crippen molar-refractivity contribution in [2.24, 2.45) is 10.5 Å². The van der Waals surface area contributed by atoms with Gasteiger partial charge < -0.3 is 9.47 Å². The Hall–Kier alpha value is -2.21. The van der Waals surface area contributed by atoms with Crippen LogP contribution in [0.15, 0.2) is 17.8 Å². The third-order valence-electron chi connectivity index (χ3n) is 3.89. The van der Waals surface area contributed by atoms with E-state index in [0.29, 0.717) is 6.42 Å². The maximum absolute atomic E-state index is 12.5. The first-order valence-corrected chi connectivity index (χ1v) is 7.33. The molecule has 0 N–H and O–H groups in total. The van der Waals surface area contributed by atoms with E-state index < -0.39 is 35.2 Å². The summed E-state index contributed by atoms with van der Waals surface area (Å²) < 4.78 is 10.2. The van der Waals surface area contributed by atoms with Gasteiger partial charge in [-0.1, -0.05) is 18.1 Å². The first-order valence-electron chi connectivity index (χ1n) is 7.33. The monoisotopic (exact) mass is 324 g/mol. The maximum Gasteiger partial charge on any atom is 0.411 e. The van der Waals surface area contributed by atoms with Crippen LogP contribution in [0.25, 0.3) is 10.4 Å². The predicted octanol–water partition coefficient (Wildman–Crippen LogP) is 3.04. The highest BCUT2D eigenvalue weighted by Crippen LogP contribution is 2.43. The van der Waals surface area contributed by atoms with E-state index in [4.69, 9.17) is 15.0 Å². The summed E-state index contributed by atoms with van der Waals surface area (Å²) in [6, 6.07) is -1.49. The largest absolute Gasteiger partial charge is 0.467 e. The van der Waals surface area contributed by atoms with Crippen molar-refractivity contribution in [1.82, 2.24) is 4.90 Å². The van der Waals surface area contributed by atoms with Crippen LogP contribution in [0.5, 0.6) is 0 Å². The molecule has 0 aliphatic carbocycles. The minimum Gasteiger partial charge on any atom is -0.467 e. The molecule has 1 saturated heterocycles. The van der Waals surface area contributed by atoms with E-state index in [9.17, 15) is 9.59 Å². The van der Waals surface area contributed by atoms with Crippen molar-refractivity contribution in [3.05, 3.63) is 23.1 Å².